The van der Waals surface area contributed by atoms with E-state index in [-0.39, 0.29) is 85.9 Å². The number of hydrogen-bond acceptors (Lipinski definition) is 21. The number of rotatable bonds is 27. The first-order valence-electron chi connectivity index (χ1n) is 47.3. The lowest BCUT2D eigenvalue weighted by Gasteiger charge is -2.39. The number of aliphatic hydroxyl groups is 4. The monoisotopic (exact) mass is 2240 g/mol. The van der Waals surface area contributed by atoms with E-state index in [9.17, 15) is 91.5 Å². The first-order valence-corrected chi connectivity index (χ1v) is 59.6. The van der Waals surface area contributed by atoms with E-state index in [1.807, 2.05) is 135 Å². The average molecular weight is 2240 g/mol. The van der Waals surface area contributed by atoms with Crippen LogP contribution in [0.1, 0.15) is 60.0 Å². The second-order valence-electron chi connectivity index (χ2n) is 34.9. The van der Waals surface area contributed by atoms with E-state index in [4.69, 9.17) is 29.5 Å². The summed E-state index contributed by atoms with van der Waals surface area (Å²) in [5.41, 5.74) is -2.72. The number of sulfone groups is 2. The Bertz CT molecular complexity index is 7730. The number of carbonyl (C=O) groups is 1. The maximum atomic E-state index is 14.0. The summed E-state index contributed by atoms with van der Waals surface area (Å²) in [4.78, 5) is 25.0. The van der Waals surface area contributed by atoms with Gasteiger partial charge in [-0.25, -0.2) is 46.9 Å². The van der Waals surface area contributed by atoms with Crippen molar-refractivity contribution in [3.63, 3.8) is 0 Å². The number of piperazine rings is 1. The van der Waals surface area contributed by atoms with Gasteiger partial charge in [-0.1, -0.05) is 134 Å². The average Bonchev–Trinajstić information content (AvgIpc) is 0.906. The number of carbonyl (C=O) groups excluding carboxylic acids is 1. The van der Waals surface area contributed by atoms with Crippen molar-refractivity contribution in [3.8, 4) is 20.4 Å². The molecule has 0 spiro atoms. The Balaban J connectivity index is 0.000000149. The van der Waals surface area contributed by atoms with Crippen molar-refractivity contribution in [2.75, 3.05) is 119 Å². The van der Waals surface area contributed by atoms with E-state index >= 15 is 0 Å². The second-order valence-corrected chi connectivity index (χ2v) is 52.2. The number of halogens is 9. The molecule has 4 N–H and O–H groups in total. The third-order valence-electron chi connectivity index (χ3n) is 24.8. The molecule has 41 heteroatoms. The third kappa shape index (κ3) is 26.1. The fraction of sp³-hybridized carbons (Fsp3) is 0.275. The second kappa shape index (κ2) is 50.5. The molecule has 2 saturated heterocycles. The third-order valence-corrected chi connectivity index (χ3v) is 43.0. The molecule has 13 aromatic carbocycles. The molecule has 3 aliphatic rings. The number of aliphatic hydroxyl groups excluding tert-OH is 4. The number of esters is 1. The maximum absolute atomic E-state index is 14.0. The Hall–Kier alpha value is -11.3. The Kier molecular flexibility index (Phi) is 39.0. The van der Waals surface area contributed by atoms with Gasteiger partial charge < -0.3 is 53.5 Å². The molecule has 0 radical (unpaired) electrons. The van der Waals surface area contributed by atoms with Gasteiger partial charge in [0, 0.05) is 136 Å². The molecule has 796 valence electrons. The van der Waals surface area contributed by atoms with Crippen LogP contribution in [-0.4, -0.2) is 224 Å². The quantitative estimate of drug-likeness (QED) is 0.0161. The van der Waals surface area contributed by atoms with Gasteiger partial charge in [0.25, 0.3) is 10.0 Å². The molecule has 0 saturated carbocycles. The minimum atomic E-state index is -7.88. The highest BCUT2D eigenvalue weighted by molar-refractivity contribution is 8.13. The molecule has 2 fully saturated rings. The molecule has 16 aromatic rings. The van der Waals surface area contributed by atoms with Gasteiger partial charge in [-0.15, -0.1) is 0 Å². The van der Waals surface area contributed by atoms with Crippen LogP contribution >= 0.6 is 31.4 Å². The summed E-state index contributed by atoms with van der Waals surface area (Å²) < 4.78 is 260. The molecule has 0 aliphatic carbocycles. The lowest BCUT2D eigenvalue weighted by atomic mass is 10.1. The smallest absolute Gasteiger partial charge is 0.480 e. The van der Waals surface area contributed by atoms with E-state index in [1.54, 1.807) is 62.8 Å². The lowest BCUT2D eigenvalue weighted by molar-refractivity contribution is -0.244. The minimum Gasteiger partial charge on any atom is -0.497 e. The van der Waals surface area contributed by atoms with Crippen molar-refractivity contribution in [2.45, 2.75) is 109 Å². The van der Waals surface area contributed by atoms with Gasteiger partial charge >= 0.3 is 27.9 Å². The fourth-order valence-electron chi connectivity index (χ4n) is 16.8. The van der Waals surface area contributed by atoms with Crippen LogP contribution in [0.4, 0.5) is 45.2 Å². The number of nitrogens with zero attached hydrogens (tertiary/aromatic N) is 5. The van der Waals surface area contributed by atoms with Crippen molar-refractivity contribution in [3.05, 3.63) is 336 Å². The topological polar surface area (TPSA) is 323 Å². The van der Waals surface area contributed by atoms with E-state index in [0.717, 1.165) is 50.2 Å². The predicted molar refractivity (Wildman–Crippen MR) is 579 cm³/mol. The summed E-state index contributed by atoms with van der Waals surface area (Å²) >= 11 is 0. The lowest BCUT2D eigenvalue weighted by Crippen LogP contribution is -2.64. The van der Waals surface area contributed by atoms with E-state index in [2.05, 4.69) is 162 Å². The zero-order valence-corrected chi connectivity index (χ0v) is 89.7. The zero-order valence-electron chi connectivity index (χ0n) is 82.4. The molecular weight excluding hydrogens is 2130 g/mol. The van der Waals surface area contributed by atoms with Gasteiger partial charge in [0.1, 0.15) is 33.0 Å². The highest BCUT2D eigenvalue weighted by Crippen LogP contribution is 2.56. The Morgan fingerprint density at radius 1 is 0.427 bits per heavy atom. The summed E-state index contributed by atoms with van der Waals surface area (Å²) in [6.07, 6.45) is 8.53. The van der Waals surface area contributed by atoms with Crippen molar-refractivity contribution >= 4 is 164 Å². The van der Waals surface area contributed by atoms with Crippen LogP contribution in [0.25, 0.3) is 79.3 Å². The number of sulfonamides is 3. The number of anilines is 1. The van der Waals surface area contributed by atoms with Crippen LogP contribution in [0, 0.1) is 0 Å². The molecule has 0 atom stereocenters. The van der Waals surface area contributed by atoms with Crippen LogP contribution in [0.3, 0.4) is 0 Å². The van der Waals surface area contributed by atoms with Crippen LogP contribution in [-0.2, 0) is 83.1 Å². The summed E-state index contributed by atoms with van der Waals surface area (Å²) in [6, 6.07) is 105. The number of unbranched alkanes of at least 4 members (excludes halogenated alkanes) is 3. The number of methoxy groups -OCH3 is 2. The molecule has 19 rings (SSSR count). The largest absolute Gasteiger partial charge is 0.497 e. The maximum Gasteiger partial charge on any atom is 0.480 e. The molecular formula is C109H113F9N5O18S9+3. The number of fused-ring (bicyclic) bond motifs is 11. The van der Waals surface area contributed by atoms with E-state index < -0.39 is 102 Å². The summed E-state index contributed by atoms with van der Waals surface area (Å²) in [5, 5.41) is 29.4. The molecule has 0 unspecified atom stereocenters. The number of likely N-dealkylation sites (N-methyl/N-ethyl adjacent to an activating group) is 1. The summed E-state index contributed by atoms with van der Waals surface area (Å²) in [6.45, 7) is -0.219. The van der Waals surface area contributed by atoms with Crippen LogP contribution in [0.15, 0.2) is 345 Å². The number of alkyl halides is 9. The van der Waals surface area contributed by atoms with Crippen molar-refractivity contribution in [2.24, 2.45) is 0 Å². The molecule has 3 aromatic heterocycles. The van der Waals surface area contributed by atoms with Gasteiger partial charge in [-0.05, 0) is 251 Å². The van der Waals surface area contributed by atoms with Crippen LogP contribution < -0.4 is 9.64 Å². The van der Waals surface area contributed by atoms with Crippen molar-refractivity contribution in [1.29, 1.82) is 0 Å². The number of hydrogen-bond donors (Lipinski definition) is 4. The number of thiophene rings is 3. The highest BCUT2D eigenvalue weighted by Gasteiger charge is 2.81. The SMILES string of the molecule is CN1CCN(S(=O)(=O)C(F)(F)C(F)(F)C(F)(F)S(=O)(=O)[N-]S(=O)(=O)C(F)(F)F)CC1.COC1CCN(C)CC1.COc1ccc(N(C)C)cc1.O=C(OCCO)c1ccc(-[s+]2c3ccccc3c3ccccc32)cc1.O=S(=O)(CCO)c1ccc(-[s+]2c3ccccc3c3ccccc32)cc1.O=S1(=O)c2ccccc2[S+](c2ccc(CO)cc2)c2ccccc21.OCCCCCCc1ccc(-[s+]2c3ccccc3c3ccccc32)cc1. The normalized spacial score (nSPS) is 14.4. The van der Waals surface area contributed by atoms with E-state index in [1.165, 1.54) is 132 Å². The number of aryl methyl sites for hydroxylation is 1. The number of ether oxygens (including phenoxy) is 3. The minimum absolute atomic E-state index is 0.00435. The molecule has 0 amide bonds. The number of likely N-dealkylation sites (tertiary alicyclic amines) is 1. The Morgan fingerprint density at radius 3 is 1.19 bits per heavy atom. The van der Waals surface area contributed by atoms with Gasteiger partial charge in [-0.3, -0.25) is 0 Å². The predicted octanol–water partition coefficient (Wildman–Crippen LogP) is 23.1. The standard InChI is InChI=1S/C24H25OS.C21H17O3S.C20H17O3S2.C19H15O3S2.C9H11F9N3O6S3.C9H13NO.C7H15NO/c25-18-8-2-1-3-9-19-14-16-20(17-15-19)26-23-12-6-4-10-21(23)22-11-5-7-13-24(22)26;22-13-14-24-21(23)15-9-11-16(12-10-15)25-19-7-3-1-5-17(19)18-6-2-4-8-20(18)25;21-13-14-25(22,23)16-11-9-15(10-12-16)24-19-7-3-1-5-17(19)18-6-2-4-8-20(18)24;20-13-14-9-11-15(12-10-14)23-16-5-1-3-7-18(16)24(21,22)19-8-4-2-6-17(19)23;1-20-2-4-21(5-3-20)30(26,27)8(14,15)6(10,11)7(12,13)28(22,23)19-29(24,25)9(16,17)18;1-10(2)8-4-6-9(11-3)7-5-8;1-8-5-3-7(9-2)4-6-8/h4-7,10-17,25H,1-3,8-9,18H2;1-12,22H,13-14H2;1-12,21H,13-14H2;1-12,20H,13H2;2-5H2,1H3;4-7H,1-3H3;7H,3-6H2,1-2H3/q4*+1;-1;;. The number of benzene rings is 13. The molecule has 6 heterocycles. The molecule has 23 nitrogen and oxygen atoms in total. The van der Waals surface area contributed by atoms with Crippen molar-refractivity contribution < 1.29 is 121 Å². The summed E-state index contributed by atoms with van der Waals surface area (Å²) in [7, 11) is -18.7. The van der Waals surface area contributed by atoms with Gasteiger partial charge in [0.2, 0.25) is 9.84 Å². The van der Waals surface area contributed by atoms with Crippen LogP contribution in [0.5, 0.6) is 5.75 Å². The van der Waals surface area contributed by atoms with Gasteiger partial charge in [0.05, 0.1) is 49.2 Å². The molecule has 0 bridgehead atoms. The van der Waals surface area contributed by atoms with Crippen LogP contribution in [0.2, 0.25) is 0 Å². The first-order chi connectivity index (χ1) is 71.4. The molecule has 150 heavy (non-hydrogen) atoms. The summed E-state index contributed by atoms with van der Waals surface area (Å²) in [5.74, 6) is -7.18. The Labute approximate surface area is 877 Å². The van der Waals surface area contributed by atoms with E-state index in [0.29, 0.717) is 32.2 Å². The first kappa shape index (κ1) is 116. The molecule has 3 aliphatic heterocycles. The number of piperidine rings is 1. The Morgan fingerprint density at radius 2 is 0.807 bits per heavy atom. The van der Waals surface area contributed by atoms with Gasteiger partial charge in [0.15, 0.2) is 87.5 Å². The van der Waals surface area contributed by atoms with Gasteiger partial charge in [-0.2, -0.15) is 43.8 Å². The zero-order chi connectivity index (χ0) is 108. The highest BCUT2D eigenvalue weighted by atomic mass is 32.3. The van der Waals surface area contributed by atoms with Crippen molar-refractivity contribution in [1.82, 2.24) is 14.1 Å². The fourth-order valence-corrected chi connectivity index (χ4v) is 33.3.